The minimum atomic E-state index is -2.75. The smallest absolute Gasteiger partial charge is 0.150 e. The number of hydrogen-bond acceptors (Lipinski definition) is 4. The third-order valence-corrected chi connectivity index (χ3v) is 4.36. The van der Waals surface area contributed by atoms with Crippen molar-refractivity contribution in [3.05, 3.63) is 0 Å². The van der Waals surface area contributed by atoms with Crippen LogP contribution in [0.1, 0.15) is 12.8 Å². The highest BCUT2D eigenvalue weighted by molar-refractivity contribution is 7.91. The van der Waals surface area contributed by atoms with Gasteiger partial charge in [0.15, 0.2) is 9.84 Å². The van der Waals surface area contributed by atoms with Crippen molar-refractivity contribution in [3.63, 3.8) is 0 Å². The third kappa shape index (κ3) is 4.39. The monoisotopic (exact) mass is 221 g/mol. The lowest BCUT2D eigenvalue weighted by atomic mass is 10.1. The van der Waals surface area contributed by atoms with Crippen LogP contribution < -0.4 is 5.32 Å². The Morgan fingerprint density at radius 1 is 1.50 bits per heavy atom. The molecule has 0 amide bonds. The summed E-state index contributed by atoms with van der Waals surface area (Å²) in [4.78, 5) is 0. The van der Waals surface area contributed by atoms with E-state index in [0.717, 1.165) is 25.9 Å². The summed E-state index contributed by atoms with van der Waals surface area (Å²) >= 11 is 0. The fourth-order valence-corrected chi connectivity index (χ4v) is 3.54. The molecule has 0 aliphatic carbocycles. The van der Waals surface area contributed by atoms with Gasteiger partial charge in [-0.05, 0) is 25.3 Å². The second kappa shape index (κ2) is 5.68. The van der Waals surface area contributed by atoms with E-state index in [-0.39, 0.29) is 0 Å². The zero-order valence-electron chi connectivity index (χ0n) is 8.66. The maximum Gasteiger partial charge on any atom is 0.150 e. The van der Waals surface area contributed by atoms with Gasteiger partial charge in [-0.1, -0.05) is 0 Å². The van der Waals surface area contributed by atoms with Crippen LogP contribution in [0.15, 0.2) is 0 Å². The first kappa shape index (κ1) is 11.9. The van der Waals surface area contributed by atoms with Crippen LogP contribution in [0, 0.1) is 5.92 Å². The van der Waals surface area contributed by atoms with E-state index >= 15 is 0 Å². The van der Waals surface area contributed by atoms with E-state index in [1.54, 1.807) is 7.11 Å². The first-order valence-corrected chi connectivity index (χ1v) is 6.86. The van der Waals surface area contributed by atoms with Crippen molar-refractivity contribution in [2.45, 2.75) is 12.8 Å². The van der Waals surface area contributed by atoms with Gasteiger partial charge in [0.05, 0.1) is 18.1 Å². The molecule has 1 fully saturated rings. The zero-order valence-corrected chi connectivity index (χ0v) is 9.48. The Labute approximate surface area is 85.9 Å². The molecular weight excluding hydrogens is 202 g/mol. The molecule has 14 heavy (non-hydrogen) atoms. The second-order valence-electron chi connectivity index (χ2n) is 3.82. The van der Waals surface area contributed by atoms with Crippen molar-refractivity contribution < 1.29 is 13.2 Å². The zero-order chi connectivity index (χ0) is 10.4. The maximum atomic E-state index is 11.3. The van der Waals surface area contributed by atoms with Crippen molar-refractivity contribution in [2.75, 3.05) is 38.3 Å². The minimum Gasteiger partial charge on any atom is -0.383 e. The molecular formula is C9H19NO3S. The Bertz CT molecular complexity index is 251. The summed E-state index contributed by atoms with van der Waals surface area (Å²) in [5.41, 5.74) is 0. The molecule has 1 unspecified atom stereocenters. The number of methoxy groups -OCH3 is 1. The quantitative estimate of drug-likeness (QED) is 0.666. The van der Waals surface area contributed by atoms with Gasteiger partial charge in [-0.2, -0.15) is 0 Å². The molecule has 1 atom stereocenters. The van der Waals surface area contributed by atoms with Gasteiger partial charge in [0.25, 0.3) is 0 Å². The van der Waals surface area contributed by atoms with E-state index < -0.39 is 9.84 Å². The Balaban J connectivity index is 2.18. The van der Waals surface area contributed by atoms with Gasteiger partial charge in [0, 0.05) is 13.7 Å². The maximum absolute atomic E-state index is 11.3. The summed E-state index contributed by atoms with van der Waals surface area (Å²) in [6.45, 7) is 2.27. The van der Waals surface area contributed by atoms with Gasteiger partial charge >= 0.3 is 0 Å². The Morgan fingerprint density at radius 2 is 2.29 bits per heavy atom. The van der Waals surface area contributed by atoms with Gasteiger partial charge in [-0.15, -0.1) is 0 Å². The highest BCUT2D eigenvalue weighted by atomic mass is 32.2. The first-order valence-electron chi connectivity index (χ1n) is 5.04. The summed E-state index contributed by atoms with van der Waals surface area (Å²) in [7, 11) is -1.09. The van der Waals surface area contributed by atoms with E-state index in [9.17, 15) is 8.42 Å². The topological polar surface area (TPSA) is 55.4 Å². The molecule has 1 heterocycles. The van der Waals surface area contributed by atoms with Gasteiger partial charge < -0.3 is 10.1 Å². The van der Waals surface area contributed by atoms with Gasteiger partial charge in [-0.25, -0.2) is 8.42 Å². The predicted molar refractivity (Wildman–Crippen MR) is 56.1 cm³/mol. The predicted octanol–water partition coefficient (Wildman–Crippen LogP) is 0.0472. The first-order chi connectivity index (χ1) is 6.64. The Hall–Kier alpha value is -0.130. The van der Waals surface area contributed by atoms with Crippen LogP contribution in [0.25, 0.3) is 0 Å². The van der Waals surface area contributed by atoms with Crippen molar-refractivity contribution in [3.8, 4) is 0 Å². The Kier molecular flexibility index (Phi) is 4.84. The van der Waals surface area contributed by atoms with Crippen LogP contribution in [0.2, 0.25) is 0 Å². The molecule has 0 radical (unpaired) electrons. The van der Waals surface area contributed by atoms with E-state index in [1.165, 1.54) is 0 Å². The average molecular weight is 221 g/mol. The van der Waals surface area contributed by atoms with Crippen molar-refractivity contribution in [2.24, 2.45) is 5.92 Å². The molecule has 5 heteroatoms. The molecule has 0 spiro atoms. The van der Waals surface area contributed by atoms with E-state index in [1.807, 2.05) is 0 Å². The number of rotatable bonds is 5. The molecule has 1 aliphatic heterocycles. The summed E-state index contributed by atoms with van der Waals surface area (Å²) in [5, 5.41) is 3.20. The molecule has 0 aromatic heterocycles. The van der Waals surface area contributed by atoms with Crippen LogP contribution in [-0.4, -0.2) is 46.7 Å². The van der Waals surface area contributed by atoms with E-state index in [2.05, 4.69) is 5.32 Å². The molecule has 0 saturated carbocycles. The van der Waals surface area contributed by atoms with Crippen LogP contribution in [0.4, 0.5) is 0 Å². The molecule has 4 nitrogen and oxygen atoms in total. The van der Waals surface area contributed by atoms with Gasteiger partial charge in [0.2, 0.25) is 0 Å². The van der Waals surface area contributed by atoms with Crippen molar-refractivity contribution in [1.29, 1.82) is 0 Å². The lowest BCUT2D eigenvalue weighted by Gasteiger charge is -2.21. The molecule has 1 aliphatic rings. The largest absolute Gasteiger partial charge is 0.383 e. The van der Waals surface area contributed by atoms with Crippen molar-refractivity contribution >= 4 is 9.84 Å². The van der Waals surface area contributed by atoms with Gasteiger partial charge in [-0.3, -0.25) is 0 Å². The van der Waals surface area contributed by atoms with Crippen LogP contribution in [0.3, 0.4) is 0 Å². The summed E-state index contributed by atoms with van der Waals surface area (Å²) in [6, 6.07) is 0. The molecule has 84 valence electrons. The second-order valence-corrected chi connectivity index (χ2v) is 6.05. The number of ether oxygens (including phenoxy) is 1. The highest BCUT2D eigenvalue weighted by Crippen LogP contribution is 2.17. The number of nitrogens with one attached hydrogen (secondary N) is 1. The minimum absolute atomic E-state index is 0.297. The summed E-state index contributed by atoms with van der Waals surface area (Å²) in [6.07, 6.45) is 1.85. The summed E-state index contributed by atoms with van der Waals surface area (Å²) in [5.74, 6) is 1.03. The van der Waals surface area contributed by atoms with Gasteiger partial charge in [0.1, 0.15) is 0 Å². The standard InChI is InChI=1S/C9H19NO3S/c1-13-5-4-10-7-9-3-2-6-14(11,12)8-9/h9-10H,2-8H2,1H3. The number of sulfone groups is 1. The molecule has 1 saturated heterocycles. The molecule has 0 aromatic carbocycles. The van der Waals surface area contributed by atoms with Crippen LogP contribution in [-0.2, 0) is 14.6 Å². The lowest BCUT2D eigenvalue weighted by Crippen LogP contribution is -2.34. The molecule has 0 bridgehead atoms. The molecule has 1 rings (SSSR count). The summed E-state index contributed by atoms with van der Waals surface area (Å²) < 4.78 is 27.5. The van der Waals surface area contributed by atoms with Crippen LogP contribution in [0.5, 0.6) is 0 Å². The number of hydrogen-bond donors (Lipinski definition) is 1. The van der Waals surface area contributed by atoms with E-state index in [0.29, 0.717) is 24.0 Å². The van der Waals surface area contributed by atoms with E-state index in [4.69, 9.17) is 4.74 Å². The molecule has 1 N–H and O–H groups in total. The molecule has 0 aromatic rings. The average Bonchev–Trinajstić information content (AvgIpc) is 2.11. The van der Waals surface area contributed by atoms with Crippen molar-refractivity contribution in [1.82, 2.24) is 5.32 Å². The van der Waals surface area contributed by atoms with Crippen LogP contribution >= 0.6 is 0 Å². The third-order valence-electron chi connectivity index (χ3n) is 2.47. The fourth-order valence-electron chi connectivity index (χ4n) is 1.76. The highest BCUT2D eigenvalue weighted by Gasteiger charge is 2.23. The fraction of sp³-hybridized carbons (Fsp3) is 1.00. The normalized spacial score (nSPS) is 26.2. The Morgan fingerprint density at radius 3 is 2.93 bits per heavy atom. The lowest BCUT2D eigenvalue weighted by molar-refractivity contribution is 0.198. The SMILES string of the molecule is COCCNCC1CCCS(=O)(=O)C1.